The van der Waals surface area contributed by atoms with Gasteiger partial charge in [0.15, 0.2) is 9.84 Å². The summed E-state index contributed by atoms with van der Waals surface area (Å²) < 4.78 is 22.8. The summed E-state index contributed by atoms with van der Waals surface area (Å²) in [6, 6.07) is -0.0878. The SMILES string of the molecule is CC(N)CS(=O)(=O)CCC(=O)NC1CC1. The Balaban J connectivity index is 2.25. The largest absolute Gasteiger partial charge is 0.353 e. The van der Waals surface area contributed by atoms with Crippen LogP contribution in [0.4, 0.5) is 0 Å². The highest BCUT2D eigenvalue weighted by Crippen LogP contribution is 2.18. The molecule has 0 bridgehead atoms. The van der Waals surface area contributed by atoms with Gasteiger partial charge in [-0.1, -0.05) is 0 Å². The third-order valence-corrected chi connectivity index (χ3v) is 3.96. The molecule has 1 rings (SSSR count). The molecule has 0 aliphatic heterocycles. The van der Waals surface area contributed by atoms with Gasteiger partial charge in [0.25, 0.3) is 0 Å². The summed E-state index contributed by atoms with van der Waals surface area (Å²) in [6.07, 6.45) is 2.07. The summed E-state index contributed by atoms with van der Waals surface area (Å²) >= 11 is 0. The van der Waals surface area contributed by atoms with Gasteiger partial charge in [0, 0.05) is 18.5 Å². The molecule has 88 valence electrons. The van der Waals surface area contributed by atoms with Crippen molar-refractivity contribution >= 4 is 15.7 Å². The Hall–Kier alpha value is -0.620. The molecule has 1 fully saturated rings. The summed E-state index contributed by atoms with van der Waals surface area (Å²) in [5.74, 6) is -0.331. The molecule has 0 aromatic heterocycles. The number of nitrogens with one attached hydrogen (secondary N) is 1. The van der Waals surface area contributed by atoms with Gasteiger partial charge in [-0.3, -0.25) is 4.79 Å². The van der Waals surface area contributed by atoms with Crippen LogP contribution in [-0.4, -0.2) is 37.9 Å². The normalized spacial score (nSPS) is 18.5. The van der Waals surface area contributed by atoms with Gasteiger partial charge in [0.1, 0.15) is 0 Å². The van der Waals surface area contributed by atoms with E-state index in [9.17, 15) is 13.2 Å². The fourth-order valence-corrected chi connectivity index (χ4v) is 2.72. The number of carbonyl (C=O) groups excluding carboxylic acids is 1. The number of nitrogens with two attached hydrogens (primary N) is 1. The van der Waals surface area contributed by atoms with Gasteiger partial charge in [-0.15, -0.1) is 0 Å². The van der Waals surface area contributed by atoms with E-state index < -0.39 is 9.84 Å². The molecule has 1 aliphatic carbocycles. The molecule has 3 N–H and O–H groups in total. The molecule has 6 heteroatoms. The van der Waals surface area contributed by atoms with Crippen molar-refractivity contribution in [3.8, 4) is 0 Å². The lowest BCUT2D eigenvalue weighted by molar-refractivity contribution is -0.120. The van der Waals surface area contributed by atoms with Crippen molar-refractivity contribution in [1.29, 1.82) is 0 Å². The van der Waals surface area contributed by atoms with Crippen molar-refractivity contribution in [2.45, 2.75) is 38.3 Å². The van der Waals surface area contributed by atoms with E-state index in [1.165, 1.54) is 0 Å². The second kappa shape index (κ2) is 4.94. The van der Waals surface area contributed by atoms with Crippen LogP contribution >= 0.6 is 0 Å². The lowest BCUT2D eigenvalue weighted by Gasteiger charge is -2.07. The fraction of sp³-hybridized carbons (Fsp3) is 0.889. The third kappa shape index (κ3) is 5.74. The van der Waals surface area contributed by atoms with Gasteiger partial charge < -0.3 is 11.1 Å². The van der Waals surface area contributed by atoms with Crippen LogP contribution in [-0.2, 0) is 14.6 Å². The second-order valence-electron chi connectivity index (χ2n) is 4.18. The topological polar surface area (TPSA) is 89.3 Å². The van der Waals surface area contributed by atoms with Crippen molar-refractivity contribution in [1.82, 2.24) is 5.32 Å². The molecular formula is C9H18N2O3S. The van der Waals surface area contributed by atoms with Crippen LogP contribution < -0.4 is 11.1 Å². The first-order valence-corrected chi connectivity index (χ1v) is 6.96. The van der Waals surface area contributed by atoms with Crippen LogP contribution in [0.3, 0.4) is 0 Å². The Morgan fingerprint density at radius 3 is 2.60 bits per heavy atom. The van der Waals surface area contributed by atoms with E-state index in [2.05, 4.69) is 5.32 Å². The van der Waals surface area contributed by atoms with Gasteiger partial charge in [-0.25, -0.2) is 8.42 Å². The van der Waals surface area contributed by atoms with Gasteiger partial charge in [-0.2, -0.15) is 0 Å². The van der Waals surface area contributed by atoms with Crippen LogP contribution in [0.2, 0.25) is 0 Å². The molecule has 1 aliphatic rings. The Labute approximate surface area is 90.3 Å². The quantitative estimate of drug-likeness (QED) is 0.643. The van der Waals surface area contributed by atoms with Gasteiger partial charge >= 0.3 is 0 Å². The average molecular weight is 234 g/mol. The summed E-state index contributed by atoms with van der Waals surface area (Å²) in [5, 5.41) is 2.75. The van der Waals surface area contributed by atoms with E-state index in [4.69, 9.17) is 5.73 Å². The van der Waals surface area contributed by atoms with Crippen LogP contribution in [0.25, 0.3) is 0 Å². The molecule has 0 radical (unpaired) electrons. The molecule has 1 unspecified atom stereocenters. The number of sulfone groups is 1. The molecular weight excluding hydrogens is 216 g/mol. The number of rotatable bonds is 6. The number of amides is 1. The molecule has 1 saturated carbocycles. The smallest absolute Gasteiger partial charge is 0.221 e. The predicted molar refractivity (Wildman–Crippen MR) is 58.1 cm³/mol. The highest BCUT2D eigenvalue weighted by Gasteiger charge is 2.24. The minimum absolute atomic E-state index is 0.0472. The first kappa shape index (κ1) is 12.4. The van der Waals surface area contributed by atoms with Gasteiger partial charge in [-0.05, 0) is 19.8 Å². The maximum atomic E-state index is 11.4. The van der Waals surface area contributed by atoms with Crippen molar-refractivity contribution in [3.63, 3.8) is 0 Å². The molecule has 1 amide bonds. The highest BCUT2D eigenvalue weighted by atomic mass is 32.2. The Morgan fingerprint density at radius 1 is 1.53 bits per heavy atom. The van der Waals surface area contributed by atoms with E-state index in [1.807, 2.05) is 0 Å². The molecule has 0 aromatic carbocycles. The zero-order chi connectivity index (χ0) is 11.5. The summed E-state index contributed by atoms with van der Waals surface area (Å²) in [5.41, 5.74) is 5.40. The fourth-order valence-electron chi connectivity index (χ4n) is 1.26. The van der Waals surface area contributed by atoms with E-state index in [0.29, 0.717) is 0 Å². The number of carbonyl (C=O) groups is 1. The number of hydrogen-bond acceptors (Lipinski definition) is 4. The minimum Gasteiger partial charge on any atom is -0.353 e. The van der Waals surface area contributed by atoms with Crippen LogP contribution in [0.5, 0.6) is 0 Å². The standard InChI is InChI=1S/C9H18N2O3S/c1-7(10)6-15(13,14)5-4-9(12)11-8-2-3-8/h7-8H,2-6,10H2,1H3,(H,11,12). The molecule has 0 heterocycles. The van der Waals surface area contributed by atoms with Crippen molar-refractivity contribution in [2.24, 2.45) is 5.73 Å². The zero-order valence-electron chi connectivity index (χ0n) is 8.90. The van der Waals surface area contributed by atoms with Crippen LogP contribution in [0.1, 0.15) is 26.2 Å². The monoisotopic (exact) mass is 234 g/mol. The van der Waals surface area contributed by atoms with E-state index >= 15 is 0 Å². The van der Waals surface area contributed by atoms with Gasteiger partial charge in [0.2, 0.25) is 5.91 Å². The maximum absolute atomic E-state index is 11.4. The molecule has 0 saturated heterocycles. The van der Waals surface area contributed by atoms with Crippen molar-refractivity contribution in [2.75, 3.05) is 11.5 Å². The number of hydrogen-bond donors (Lipinski definition) is 2. The molecule has 5 nitrogen and oxygen atoms in total. The Kier molecular flexibility index (Phi) is 4.10. The van der Waals surface area contributed by atoms with Crippen LogP contribution in [0, 0.1) is 0 Å². The van der Waals surface area contributed by atoms with Crippen molar-refractivity contribution < 1.29 is 13.2 Å². The van der Waals surface area contributed by atoms with E-state index in [1.54, 1.807) is 6.92 Å². The summed E-state index contributed by atoms with van der Waals surface area (Å²) in [6.45, 7) is 1.64. The third-order valence-electron chi connectivity index (χ3n) is 2.10. The molecule has 1 atom stereocenters. The van der Waals surface area contributed by atoms with E-state index in [-0.39, 0.29) is 35.9 Å². The summed E-state index contributed by atoms with van der Waals surface area (Å²) in [4.78, 5) is 11.2. The average Bonchev–Trinajstić information content (AvgIpc) is 2.82. The molecule has 0 aromatic rings. The lowest BCUT2D eigenvalue weighted by Crippen LogP contribution is -2.31. The van der Waals surface area contributed by atoms with E-state index in [0.717, 1.165) is 12.8 Å². The van der Waals surface area contributed by atoms with Crippen LogP contribution in [0.15, 0.2) is 0 Å². The molecule has 15 heavy (non-hydrogen) atoms. The first-order chi connectivity index (χ1) is 6.89. The minimum atomic E-state index is -3.18. The Morgan fingerprint density at radius 2 is 2.13 bits per heavy atom. The summed E-state index contributed by atoms with van der Waals surface area (Å²) in [7, 11) is -3.18. The Bertz CT molecular complexity index is 320. The van der Waals surface area contributed by atoms with Crippen molar-refractivity contribution in [3.05, 3.63) is 0 Å². The highest BCUT2D eigenvalue weighted by molar-refractivity contribution is 7.91. The first-order valence-electron chi connectivity index (χ1n) is 5.14. The zero-order valence-corrected chi connectivity index (χ0v) is 9.72. The second-order valence-corrected chi connectivity index (χ2v) is 6.41. The molecule has 0 spiro atoms. The van der Waals surface area contributed by atoms with Gasteiger partial charge in [0.05, 0.1) is 11.5 Å². The lowest BCUT2D eigenvalue weighted by atomic mass is 10.4. The predicted octanol–water partition coefficient (Wildman–Crippen LogP) is -0.583. The maximum Gasteiger partial charge on any atom is 0.221 e.